The van der Waals surface area contributed by atoms with Crippen LogP contribution in [0.2, 0.25) is 5.02 Å². The van der Waals surface area contributed by atoms with Crippen molar-refractivity contribution in [3.05, 3.63) is 45.0 Å². The van der Waals surface area contributed by atoms with Gasteiger partial charge < -0.3 is 9.80 Å². The van der Waals surface area contributed by atoms with E-state index in [1.165, 1.54) is 37.5 Å². The van der Waals surface area contributed by atoms with Crippen LogP contribution in [-0.2, 0) is 4.79 Å². The van der Waals surface area contributed by atoms with Gasteiger partial charge in [-0.3, -0.25) is 14.9 Å². The third kappa shape index (κ3) is 4.62. The first kappa shape index (κ1) is 18.9. The van der Waals surface area contributed by atoms with Gasteiger partial charge in [-0.05, 0) is 56.5 Å². The molecule has 0 N–H and O–H groups in total. The minimum Gasteiger partial charge on any atom is -0.335 e. The molecule has 1 unspecified atom stereocenters. The highest BCUT2D eigenvalue weighted by Gasteiger charge is 2.29. The number of halogens is 1. The number of amides is 1. The third-order valence-corrected chi connectivity index (χ3v) is 5.48. The first-order valence-electron chi connectivity index (χ1n) is 9.19. The zero-order valence-electron chi connectivity index (χ0n) is 14.8. The maximum Gasteiger partial charge on any atom is 0.288 e. The van der Waals surface area contributed by atoms with Gasteiger partial charge in [-0.25, -0.2) is 0 Å². The topological polar surface area (TPSA) is 66.7 Å². The number of nitro groups is 1. The Morgan fingerprint density at radius 1 is 1.23 bits per heavy atom. The monoisotopic (exact) mass is 377 g/mol. The van der Waals surface area contributed by atoms with Gasteiger partial charge in [0.15, 0.2) is 0 Å². The Labute approximate surface area is 158 Å². The van der Waals surface area contributed by atoms with Gasteiger partial charge in [0, 0.05) is 31.3 Å². The molecule has 3 rings (SSSR count). The van der Waals surface area contributed by atoms with Crippen LogP contribution in [-0.4, -0.2) is 52.9 Å². The van der Waals surface area contributed by atoms with Gasteiger partial charge in [-0.1, -0.05) is 24.1 Å². The highest BCUT2D eigenvalue weighted by Crippen LogP contribution is 2.26. The number of carbonyl (C=O) groups excluding carboxylic acids is 1. The smallest absolute Gasteiger partial charge is 0.288 e. The Bertz CT molecular complexity index is 701. The van der Waals surface area contributed by atoms with Crippen molar-refractivity contribution < 1.29 is 9.72 Å². The van der Waals surface area contributed by atoms with Crippen LogP contribution in [0.25, 0.3) is 6.08 Å². The minimum absolute atomic E-state index is 0.0258. The summed E-state index contributed by atoms with van der Waals surface area (Å²) < 4.78 is 0. The van der Waals surface area contributed by atoms with E-state index < -0.39 is 4.92 Å². The van der Waals surface area contributed by atoms with Crippen molar-refractivity contribution in [1.29, 1.82) is 0 Å². The van der Waals surface area contributed by atoms with E-state index in [9.17, 15) is 14.9 Å². The highest BCUT2D eigenvalue weighted by molar-refractivity contribution is 6.32. The van der Waals surface area contributed by atoms with E-state index in [0.717, 1.165) is 39.0 Å². The van der Waals surface area contributed by atoms with Crippen molar-refractivity contribution in [2.24, 2.45) is 0 Å². The molecule has 1 amide bonds. The van der Waals surface area contributed by atoms with Crippen LogP contribution in [0.4, 0.5) is 5.69 Å². The Balaban J connectivity index is 1.63. The molecule has 2 saturated heterocycles. The van der Waals surface area contributed by atoms with Crippen molar-refractivity contribution >= 4 is 29.3 Å². The summed E-state index contributed by atoms with van der Waals surface area (Å²) in [7, 11) is 0. The number of nitro benzene ring substituents is 1. The van der Waals surface area contributed by atoms with Gasteiger partial charge in [0.1, 0.15) is 5.02 Å². The molecule has 1 aromatic rings. The van der Waals surface area contributed by atoms with Crippen molar-refractivity contribution in [2.75, 3.05) is 26.2 Å². The molecule has 140 valence electrons. The summed E-state index contributed by atoms with van der Waals surface area (Å²) in [6.45, 7) is 3.99. The van der Waals surface area contributed by atoms with Gasteiger partial charge in [0.05, 0.1) is 4.92 Å². The first-order valence-corrected chi connectivity index (χ1v) is 9.57. The molecule has 7 heteroatoms. The fourth-order valence-electron chi connectivity index (χ4n) is 3.79. The fourth-order valence-corrected chi connectivity index (χ4v) is 3.98. The molecular weight excluding hydrogens is 354 g/mol. The van der Waals surface area contributed by atoms with Crippen LogP contribution in [0.1, 0.15) is 37.7 Å². The predicted molar refractivity (Wildman–Crippen MR) is 102 cm³/mol. The summed E-state index contributed by atoms with van der Waals surface area (Å²) in [6.07, 6.45) is 9.02. The second kappa shape index (κ2) is 8.64. The average molecular weight is 378 g/mol. The molecule has 2 aliphatic rings. The van der Waals surface area contributed by atoms with E-state index >= 15 is 0 Å². The highest BCUT2D eigenvalue weighted by atomic mass is 35.5. The number of hydrogen-bond donors (Lipinski definition) is 0. The Morgan fingerprint density at radius 3 is 2.73 bits per heavy atom. The standard InChI is InChI=1S/C19H24ClN3O3/c20-17-8-6-15(13-18(17)23(25)26)7-9-19(24)22-12-4-5-16(22)14-21-10-2-1-3-11-21/h6-9,13,16H,1-5,10-12,14H2/b9-7+. The zero-order chi connectivity index (χ0) is 18.5. The molecule has 2 fully saturated rings. The molecule has 2 aliphatic heterocycles. The van der Waals surface area contributed by atoms with Crippen LogP contribution in [0.3, 0.4) is 0 Å². The third-order valence-electron chi connectivity index (χ3n) is 5.16. The van der Waals surface area contributed by atoms with Gasteiger partial charge in [0.25, 0.3) is 5.69 Å². The molecule has 2 heterocycles. The van der Waals surface area contributed by atoms with Gasteiger partial charge >= 0.3 is 0 Å². The number of piperidine rings is 1. The zero-order valence-corrected chi connectivity index (χ0v) is 15.5. The Morgan fingerprint density at radius 2 is 2.00 bits per heavy atom. The fraction of sp³-hybridized carbons (Fsp3) is 0.526. The molecule has 0 bridgehead atoms. The van der Waals surface area contributed by atoms with Crippen LogP contribution in [0.5, 0.6) is 0 Å². The van der Waals surface area contributed by atoms with E-state index in [1.54, 1.807) is 12.1 Å². The van der Waals surface area contributed by atoms with E-state index in [0.29, 0.717) is 5.56 Å². The van der Waals surface area contributed by atoms with Gasteiger partial charge in [0.2, 0.25) is 5.91 Å². The second-order valence-corrected chi connectivity index (χ2v) is 7.40. The predicted octanol–water partition coefficient (Wildman–Crippen LogP) is 3.74. The maximum absolute atomic E-state index is 12.6. The Kier molecular flexibility index (Phi) is 6.27. The Hall–Kier alpha value is -1.92. The van der Waals surface area contributed by atoms with Crippen LogP contribution < -0.4 is 0 Å². The molecule has 0 aromatic heterocycles. The molecule has 0 radical (unpaired) electrons. The first-order chi connectivity index (χ1) is 12.5. The molecule has 0 aliphatic carbocycles. The lowest BCUT2D eigenvalue weighted by molar-refractivity contribution is -0.384. The lowest BCUT2D eigenvalue weighted by atomic mass is 10.1. The van der Waals surface area contributed by atoms with E-state index in [-0.39, 0.29) is 22.7 Å². The molecule has 26 heavy (non-hydrogen) atoms. The minimum atomic E-state index is -0.517. The number of likely N-dealkylation sites (tertiary alicyclic amines) is 2. The molecule has 1 aromatic carbocycles. The summed E-state index contributed by atoms with van der Waals surface area (Å²) in [5, 5.41) is 11.1. The number of benzene rings is 1. The number of nitrogens with zero attached hydrogens (tertiary/aromatic N) is 3. The quantitative estimate of drug-likeness (QED) is 0.445. The van der Waals surface area contributed by atoms with Gasteiger partial charge in [-0.15, -0.1) is 0 Å². The van der Waals surface area contributed by atoms with Crippen molar-refractivity contribution in [2.45, 2.75) is 38.1 Å². The van der Waals surface area contributed by atoms with E-state index in [1.807, 2.05) is 4.90 Å². The summed E-state index contributed by atoms with van der Waals surface area (Å²) in [6, 6.07) is 4.82. The molecule has 6 nitrogen and oxygen atoms in total. The maximum atomic E-state index is 12.6. The molecule has 1 atom stereocenters. The molecule has 0 spiro atoms. The number of rotatable bonds is 5. The van der Waals surface area contributed by atoms with Crippen LogP contribution in [0, 0.1) is 10.1 Å². The van der Waals surface area contributed by atoms with Crippen LogP contribution in [0.15, 0.2) is 24.3 Å². The SMILES string of the molecule is O=C(/C=C/c1ccc(Cl)c([N+](=O)[O-])c1)N1CCCC1CN1CCCCC1. The summed E-state index contributed by atoms with van der Waals surface area (Å²) in [5.41, 5.74) is 0.451. The van der Waals surface area contributed by atoms with Gasteiger partial charge in [-0.2, -0.15) is 0 Å². The molecular formula is C19H24ClN3O3. The largest absolute Gasteiger partial charge is 0.335 e. The van der Waals surface area contributed by atoms with Crippen molar-refractivity contribution in [1.82, 2.24) is 9.80 Å². The van der Waals surface area contributed by atoms with Crippen molar-refractivity contribution in [3.8, 4) is 0 Å². The summed E-state index contributed by atoms with van der Waals surface area (Å²) in [4.78, 5) is 27.5. The lowest BCUT2D eigenvalue weighted by Crippen LogP contribution is -2.44. The van der Waals surface area contributed by atoms with Crippen LogP contribution >= 0.6 is 11.6 Å². The molecule has 0 saturated carbocycles. The average Bonchev–Trinajstić information content (AvgIpc) is 3.09. The van der Waals surface area contributed by atoms with Crippen molar-refractivity contribution in [3.63, 3.8) is 0 Å². The second-order valence-electron chi connectivity index (χ2n) is 6.99. The lowest BCUT2D eigenvalue weighted by Gasteiger charge is -2.32. The number of hydrogen-bond acceptors (Lipinski definition) is 4. The number of carbonyl (C=O) groups is 1. The van der Waals surface area contributed by atoms with E-state index in [2.05, 4.69) is 4.90 Å². The summed E-state index contributed by atoms with van der Waals surface area (Å²) in [5.74, 6) is -0.0258. The van der Waals surface area contributed by atoms with E-state index in [4.69, 9.17) is 11.6 Å². The normalized spacial score (nSPS) is 21.4. The summed E-state index contributed by atoms with van der Waals surface area (Å²) >= 11 is 5.82.